The molecule has 0 spiro atoms. The summed E-state index contributed by atoms with van der Waals surface area (Å²) in [5.41, 5.74) is 0.703. The Bertz CT molecular complexity index is 555. The van der Waals surface area contributed by atoms with Gasteiger partial charge in [-0.25, -0.2) is 9.97 Å². The summed E-state index contributed by atoms with van der Waals surface area (Å²) in [6.07, 6.45) is 4.87. The molecule has 1 N–H and O–H groups in total. The zero-order valence-corrected chi connectivity index (χ0v) is 11.0. The van der Waals surface area contributed by atoms with Crippen molar-refractivity contribution in [3.8, 4) is 11.5 Å². The van der Waals surface area contributed by atoms with E-state index >= 15 is 0 Å². The predicted octanol–water partition coefficient (Wildman–Crippen LogP) is 2.13. The summed E-state index contributed by atoms with van der Waals surface area (Å²) < 4.78 is 5.26. The van der Waals surface area contributed by atoms with E-state index in [0.717, 1.165) is 0 Å². The number of amides is 1. The van der Waals surface area contributed by atoms with Crippen LogP contribution in [0.25, 0.3) is 11.5 Å². The van der Waals surface area contributed by atoms with Crippen molar-refractivity contribution in [3.63, 3.8) is 0 Å². The Balaban J connectivity index is 1.96. The highest BCUT2D eigenvalue weighted by Crippen LogP contribution is 2.20. The molecular formula is C13H13N3O2S. The van der Waals surface area contributed by atoms with Gasteiger partial charge in [-0.1, -0.05) is 17.8 Å². The lowest BCUT2D eigenvalue weighted by Crippen LogP contribution is -2.25. The molecule has 0 aliphatic heterocycles. The maximum atomic E-state index is 11.4. The summed E-state index contributed by atoms with van der Waals surface area (Å²) in [5.74, 6) is 0.882. The van der Waals surface area contributed by atoms with Gasteiger partial charge in [0, 0.05) is 12.7 Å². The molecule has 0 aromatic carbocycles. The van der Waals surface area contributed by atoms with Crippen LogP contribution in [-0.4, -0.2) is 28.2 Å². The van der Waals surface area contributed by atoms with E-state index in [1.807, 2.05) is 6.07 Å². The van der Waals surface area contributed by atoms with Crippen LogP contribution in [0.15, 0.2) is 52.9 Å². The maximum Gasteiger partial charge on any atom is 0.230 e. The third-order valence-corrected chi connectivity index (χ3v) is 3.04. The fourth-order valence-electron chi connectivity index (χ4n) is 1.34. The molecule has 0 saturated heterocycles. The molecule has 5 nitrogen and oxygen atoms in total. The van der Waals surface area contributed by atoms with Crippen molar-refractivity contribution in [2.75, 3.05) is 12.3 Å². The summed E-state index contributed by atoms with van der Waals surface area (Å²) in [7, 11) is 0. The molecule has 2 aromatic rings. The number of hydrogen-bond acceptors (Lipinski definition) is 5. The Morgan fingerprint density at radius 2 is 2.42 bits per heavy atom. The highest BCUT2D eigenvalue weighted by Gasteiger charge is 2.07. The van der Waals surface area contributed by atoms with Gasteiger partial charge < -0.3 is 9.73 Å². The highest BCUT2D eigenvalue weighted by molar-refractivity contribution is 7.99. The van der Waals surface area contributed by atoms with E-state index in [1.54, 1.807) is 30.7 Å². The summed E-state index contributed by atoms with van der Waals surface area (Å²) in [4.78, 5) is 19.9. The molecule has 0 bridgehead atoms. The number of thioether (sulfide) groups is 1. The first-order valence-electron chi connectivity index (χ1n) is 5.67. The van der Waals surface area contributed by atoms with E-state index in [1.165, 1.54) is 11.8 Å². The molecule has 19 heavy (non-hydrogen) atoms. The van der Waals surface area contributed by atoms with E-state index < -0.39 is 0 Å². The molecule has 1 amide bonds. The van der Waals surface area contributed by atoms with Crippen LogP contribution in [-0.2, 0) is 4.79 Å². The summed E-state index contributed by atoms with van der Waals surface area (Å²) >= 11 is 1.28. The van der Waals surface area contributed by atoms with Crippen LogP contribution in [0.3, 0.4) is 0 Å². The molecule has 0 radical (unpaired) electrons. The Morgan fingerprint density at radius 1 is 1.53 bits per heavy atom. The second-order valence-corrected chi connectivity index (χ2v) is 4.53. The minimum Gasteiger partial charge on any atom is -0.463 e. The van der Waals surface area contributed by atoms with Gasteiger partial charge in [-0.3, -0.25) is 4.79 Å². The fourth-order valence-corrected chi connectivity index (χ4v) is 2.00. The molecule has 98 valence electrons. The zero-order valence-electron chi connectivity index (χ0n) is 10.2. The lowest BCUT2D eigenvalue weighted by Gasteiger charge is -2.02. The predicted molar refractivity (Wildman–Crippen MR) is 73.7 cm³/mol. The first kappa shape index (κ1) is 13.4. The third kappa shape index (κ3) is 3.96. The molecule has 0 aliphatic carbocycles. The monoisotopic (exact) mass is 275 g/mol. The molecule has 0 unspecified atom stereocenters. The first-order valence-corrected chi connectivity index (χ1v) is 6.65. The summed E-state index contributed by atoms with van der Waals surface area (Å²) in [5, 5.41) is 3.24. The molecule has 0 saturated carbocycles. The van der Waals surface area contributed by atoms with Gasteiger partial charge in [0.05, 0.1) is 12.0 Å². The Hall–Kier alpha value is -2.08. The van der Waals surface area contributed by atoms with E-state index in [0.29, 0.717) is 23.2 Å². The topological polar surface area (TPSA) is 68.0 Å². The van der Waals surface area contributed by atoms with Gasteiger partial charge in [0.15, 0.2) is 10.9 Å². The van der Waals surface area contributed by atoms with Gasteiger partial charge in [-0.15, -0.1) is 6.58 Å². The van der Waals surface area contributed by atoms with Gasteiger partial charge in [0.2, 0.25) is 5.91 Å². The number of hydrogen-bond donors (Lipinski definition) is 1. The lowest BCUT2D eigenvalue weighted by molar-refractivity contribution is -0.118. The molecular weight excluding hydrogens is 262 g/mol. The van der Waals surface area contributed by atoms with Crippen molar-refractivity contribution in [1.29, 1.82) is 0 Å². The molecule has 2 rings (SSSR count). The number of carbonyl (C=O) groups excluding carboxylic acids is 1. The van der Waals surface area contributed by atoms with Crippen molar-refractivity contribution in [2.24, 2.45) is 0 Å². The van der Waals surface area contributed by atoms with Crippen molar-refractivity contribution >= 4 is 17.7 Å². The molecule has 6 heteroatoms. The van der Waals surface area contributed by atoms with E-state index in [-0.39, 0.29) is 11.7 Å². The van der Waals surface area contributed by atoms with Crippen LogP contribution < -0.4 is 5.32 Å². The van der Waals surface area contributed by atoms with Gasteiger partial charge >= 0.3 is 0 Å². The lowest BCUT2D eigenvalue weighted by atomic mass is 10.3. The maximum absolute atomic E-state index is 11.4. The number of carbonyl (C=O) groups is 1. The van der Waals surface area contributed by atoms with Crippen molar-refractivity contribution in [1.82, 2.24) is 15.3 Å². The fraction of sp³-hybridized carbons (Fsp3) is 0.154. The third-order valence-electron chi connectivity index (χ3n) is 2.18. The molecule has 0 aliphatic rings. The number of rotatable bonds is 6. The molecule has 0 fully saturated rings. The zero-order chi connectivity index (χ0) is 13.5. The first-order chi connectivity index (χ1) is 9.29. The van der Waals surface area contributed by atoms with Crippen LogP contribution >= 0.6 is 11.8 Å². The van der Waals surface area contributed by atoms with Crippen LogP contribution in [0.5, 0.6) is 0 Å². The van der Waals surface area contributed by atoms with Crippen LogP contribution in [0.1, 0.15) is 0 Å². The second-order valence-electron chi connectivity index (χ2n) is 3.58. The minimum atomic E-state index is -0.0723. The molecule has 2 heterocycles. The van der Waals surface area contributed by atoms with E-state index in [2.05, 4.69) is 21.9 Å². The number of furan rings is 1. The summed E-state index contributed by atoms with van der Waals surface area (Å²) in [6, 6.07) is 5.39. The standard InChI is InChI=1S/C13H13N3O2S/c1-2-6-14-12(17)9-19-13-15-7-5-10(16-13)11-4-3-8-18-11/h2-5,7-8H,1,6,9H2,(H,14,17). The van der Waals surface area contributed by atoms with E-state index in [4.69, 9.17) is 4.42 Å². The molecule has 2 aromatic heterocycles. The quantitative estimate of drug-likeness (QED) is 0.497. The van der Waals surface area contributed by atoms with Gasteiger partial charge in [0.25, 0.3) is 0 Å². The number of aromatic nitrogens is 2. The number of nitrogens with zero attached hydrogens (tertiary/aromatic N) is 2. The normalized spacial score (nSPS) is 10.1. The van der Waals surface area contributed by atoms with E-state index in [9.17, 15) is 4.79 Å². The smallest absolute Gasteiger partial charge is 0.230 e. The minimum absolute atomic E-state index is 0.0723. The van der Waals surface area contributed by atoms with Crippen LogP contribution in [0.2, 0.25) is 0 Å². The van der Waals surface area contributed by atoms with Gasteiger partial charge in [0.1, 0.15) is 5.69 Å². The van der Waals surface area contributed by atoms with Crippen LogP contribution in [0, 0.1) is 0 Å². The van der Waals surface area contributed by atoms with Gasteiger partial charge in [-0.05, 0) is 18.2 Å². The molecule has 0 atom stereocenters. The van der Waals surface area contributed by atoms with Crippen molar-refractivity contribution < 1.29 is 9.21 Å². The Morgan fingerprint density at radius 3 is 3.16 bits per heavy atom. The Kier molecular flexibility index (Phi) is 4.74. The Labute approximate surface area is 115 Å². The van der Waals surface area contributed by atoms with Crippen molar-refractivity contribution in [2.45, 2.75) is 5.16 Å². The average molecular weight is 275 g/mol. The van der Waals surface area contributed by atoms with Crippen molar-refractivity contribution in [3.05, 3.63) is 43.3 Å². The summed E-state index contributed by atoms with van der Waals surface area (Å²) in [6.45, 7) is 4.00. The SMILES string of the molecule is C=CCNC(=O)CSc1nccc(-c2ccco2)n1. The number of nitrogens with one attached hydrogen (secondary N) is 1. The van der Waals surface area contributed by atoms with Crippen LogP contribution in [0.4, 0.5) is 0 Å². The average Bonchev–Trinajstić information content (AvgIpc) is 2.97. The second kappa shape index (κ2) is 6.75. The van der Waals surface area contributed by atoms with Gasteiger partial charge in [-0.2, -0.15) is 0 Å². The highest BCUT2D eigenvalue weighted by atomic mass is 32.2. The largest absolute Gasteiger partial charge is 0.463 e.